The molecule has 9 heteroatoms. The van der Waals surface area contributed by atoms with Crippen molar-refractivity contribution in [3.63, 3.8) is 0 Å². The number of esters is 1. The topological polar surface area (TPSA) is 97.7 Å². The lowest BCUT2D eigenvalue weighted by Crippen LogP contribution is -2.48. The highest BCUT2D eigenvalue weighted by molar-refractivity contribution is 5.95. The Bertz CT molecular complexity index is 951. The number of aryl methyl sites for hydroxylation is 1. The van der Waals surface area contributed by atoms with Gasteiger partial charge >= 0.3 is 12.0 Å². The van der Waals surface area contributed by atoms with Crippen molar-refractivity contribution in [2.24, 2.45) is 7.05 Å². The number of benzene rings is 1. The highest BCUT2D eigenvalue weighted by atomic mass is 16.5. The number of nitrogens with one attached hydrogen (secondary N) is 2. The van der Waals surface area contributed by atoms with Crippen molar-refractivity contribution in [3.05, 3.63) is 59.1 Å². The van der Waals surface area contributed by atoms with E-state index in [0.717, 1.165) is 17.7 Å². The minimum absolute atomic E-state index is 0.242. The van der Waals surface area contributed by atoms with Crippen LogP contribution in [0.5, 0.6) is 5.75 Å². The fraction of sp³-hybridized carbons (Fsp3) is 0.409. The van der Waals surface area contributed by atoms with Gasteiger partial charge in [0.05, 0.1) is 31.5 Å². The van der Waals surface area contributed by atoms with Crippen LogP contribution in [-0.4, -0.2) is 53.5 Å². The Morgan fingerprint density at radius 1 is 1.23 bits per heavy atom. The van der Waals surface area contributed by atoms with Gasteiger partial charge in [0.25, 0.3) is 0 Å². The summed E-state index contributed by atoms with van der Waals surface area (Å²) in [7, 11) is 3.46. The van der Waals surface area contributed by atoms with Crippen molar-refractivity contribution >= 4 is 12.0 Å². The number of rotatable bonds is 9. The maximum absolute atomic E-state index is 12.9. The van der Waals surface area contributed by atoms with Crippen LogP contribution in [0.3, 0.4) is 0 Å². The first-order valence-corrected chi connectivity index (χ1v) is 10.3. The summed E-state index contributed by atoms with van der Waals surface area (Å²) in [5.41, 5.74) is 2.76. The maximum atomic E-state index is 12.9. The highest BCUT2D eigenvalue weighted by Crippen LogP contribution is 2.29. The first kappa shape index (κ1) is 22.4. The fourth-order valence-corrected chi connectivity index (χ4v) is 3.55. The Morgan fingerprint density at radius 3 is 2.55 bits per heavy atom. The van der Waals surface area contributed by atoms with Crippen molar-refractivity contribution in [2.75, 3.05) is 26.8 Å². The number of hydrogen-bond donors (Lipinski definition) is 2. The normalized spacial score (nSPS) is 16.2. The molecule has 1 aromatic heterocycles. The molecule has 2 amide bonds. The molecule has 2 aromatic rings. The first-order valence-electron chi connectivity index (χ1n) is 10.3. The summed E-state index contributed by atoms with van der Waals surface area (Å²) in [6.07, 6.45) is 3.76. The van der Waals surface area contributed by atoms with Gasteiger partial charge in [0, 0.05) is 37.6 Å². The summed E-state index contributed by atoms with van der Waals surface area (Å²) >= 11 is 0. The second-order valence-corrected chi connectivity index (χ2v) is 7.24. The van der Waals surface area contributed by atoms with Gasteiger partial charge in [0.1, 0.15) is 5.75 Å². The van der Waals surface area contributed by atoms with E-state index in [1.807, 2.05) is 38.5 Å². The highest BCUT2D eigenvalue weighted by Gasteiger charge is 2.34. The largest absolute Gasteiger partial charge is 0.497 e. The van der Waals surface area contributed by atoms with Crippen LogP contribution in [0.25, 0.3) is 0 Å². The summed E-state index contributed by atoms with van der Waals surface area (Å²) in [6.45, 7) is 5.79. The van der Waals surface area contributed by atoms with Crippen molar-refractivity contribution in [1.29, 1.82) is 0 Å². The van der Waals surface area contributed by atoms with Crippen LogP contribution in [0, 0.1) is 0 Å². The molecule has 1 aliphatic heterocycles. The molecule has 0 bridgehead atoms. The third-order valence-corrected chi connectivity index (χ3v) is 5.09. The SMILES string of the molecule is CCOC(=O)C1=C(CN(CC)Cc2cnn(C)c2)NC(=O)N[C@@H]1c1ccc(OC)cc1. The van der Waals surface area contributed by atoms with Crippen LogP contribution in [0.2, 0.25) is 0 Å². The molecule has 9 nitrogen and oxygen atoms in total. The molecular weight excluding hydrogens is 398 g/mol. The van der Waals surface area contributed by atoms with Crippen molar-refractivity contribution in [2.45, 2.75) is 26.4 Å². The Kier molecular flexibility index (Phi) is 7.30. The zero-order valence-electron chi connectivity index (χ0n) is 18.3. The Balaban J connectivity index is 1.95. The van der Waals surface area contributed by atoms with Gasteiger partial charge in [0.15, 0.2) is 0 Å². The fourth-order valence-electron chi connectivity index (χ4n) is 3.55. The third kappa shape index (κ3) is 5.43. The number of amides is 2. The van der Waals surface area contributed by atoms with Crippen molar-refractivity contribution < 1.29 is 19.1 Å². The number of methoxy groups -OCH3 is 1. The van der Waals surface area contributed by atoms with Crippen LogP contribution in [0.4, 0.5) is 4.79 Å². The van der Waals surface area contributed by atoms with E-state index >= 15 is 0 Å². The molecular formula is C22H29N5O4. The molecule has 0 fully saturated rings. The minimum atomic E-state index is -0.620. The zero-order valence-corrected chi connectivity index (χ0v) is 18.3. The molecule has 0 saturated heterocycles. The standard InChI is InChI=1S/C22H29N5O4/c1-5-27(13-15-11-23-26(3)12-15)14-18-19(21(28)31-6-2)20(25-22(29)24-18)16-7-9-17(30-4)10-8-16/h7-12,20H,5-6,13-14H2,1-4H3,(H2,24,25,29)/t20-/m1/s1. The Hall–Kier alpha value is -3.33. The van der Waals surface area contributed by atoms with E-state index in [1.54, 1.807) is 30.8 Å². The van der Waals surface area contributed by atoms with Gasteiger partial charge < -0.3 is 20.1 Å². The van der Waals surface area contributed by atoms with Gasteiger partial charge in [-0.25, -0.2) is 9.59 Å². The molecule has 0 saturated carbocycles. The van der Waals surface area contributed by atoms with E-state index in [4.69, 9.17) is 9.47 Å². The molecule has 31 heavy (non-hydrogen) atoms. The molecule has 2 heterocycles. The molecule has 0 spiro atoms. The predicted molar refractivity (Wildman–Crippen MR) is 115 cm³/mol. The van der Waals surface area contributed by atoms with Gasteiger partial charge in [-0.05, 0) is 31.2 Å². The van der Waals surface area contributed by atoms with E-state index in [0.29, 0.717) is 30.1 Å². The second-order valence-electron chi connectivity index (χ2n) is 7.24. The molecule has 166 valence electrons. The summed E-state index contributed by atoms with van der Waals surface area (Å²) in [5.74, 6) is 0.239. The number of hydrogen-bond acceptors (Lipinski definition) is 6. The molecule has 1 aromatic carbocycles. The summed E-state index contributed by atoms with van der Waals surface area (Å²) in [4.78, 5) is 27.5. The predicted octanol–water partition coefficient (Wildman–Crippen LogP) is 2.12. The lowest BCUT2D eigenvalue weighted by Gasteiger charge is -2.31. The molecule has 2 N–H and O–H groups in total. The monoisotopic (exact) mass is 427 g/mol. The molecule has 3 rings (SSSR count). The van der Waals surface area contributed by atoms with Crippen LogP contribution in [-0.2, 0) is 23.1 Å². The van der Waals surface area contributed by atoms with Crippen LogP contribution in [0.15, 0.2) is 47.9 Å². The quantitative estimate of drug-likeness (QED) is 0.595. The average molecular weight is 428 g/mol. The number of likely N-dealkylation sites (N-methyl/N-ethyl adjacent to an activating group) is 1. The summed E-state index contributed by atoms with van der Waals surface area (Å²) in [6, 6.07) is 6.28. The number of carbonyl (C=O) groups excluding carboxylic acids is 2. The molecule has 0 radical (unpaired) electrons. The van der Waals surface area contributed by atoms with Gasteiger partial charge in [0.2, 0.25) is 0 Å². The van der Waals surface area contributed by atoms with Crippen LogP contribution in [0.1, 0.15) is 31.0 Å². The lowest BCUT2D eigenvalue weighted by molar-refractivity contribution is -0.139. The summed E-state index contributed by atoms with van der Waals surface area (Å²) in [5, 5.41) is 9.89. The first-order chi connectivity index (χ1) is 14.9. The average Bonchev–Trinajstić information content (AvgIpc) is 3.17. The maximum Gasteiger partial charge on any atom is 0.338 e. The van der Waals surface area contributed by atoms with Crippen LogP contribution >= 0.6 is 0 Å². The molecule has 1 atom stereocenters. The van der Waals surface area contributed by atoms with E-state index in [1.165, 1.54) is 0 Å². The van der Waals surface area contributed by atoms with E-state index < -0.39 is 12.0 Å². The Labute approximate surface area is 182 Å². The molecule has 1 aliphatic rings. The van der Waals surface area contributed by atoms with Crippen molar-refractivity contribution in [3.8, 4) is 5.75 Å². The minimum Gasteiger partial charge on any atom is -0.497 e. The van der Waals surface area contributed by atoms with Gasteiger partial charge in [-0.1, -0.05) is 19.1 Å². The number of urea groups is 1. The van der Waals surface area contributed by atoms with Gasteiger partial charge in [-0.15, -0.1) is 0 Å². The number of nitrogens with zero attached hydrogens (tertiary/aromatic N) is 3. The lowest BCUT2D eigenvalue weighted by atomic mass is 9.95. The third-order valence-electron chi connectivity index (χ3n) is 5.09. The van der Waals surface area contributed by atoms with E-state index in [-0.39, 0.29) is 12.6 Å². The number of aromatic nitrogens is 2. The van der Waals surface area contributed by atoms with Gasteiger partial charge in [-0.2, -0.15) is 5.10 Å². The second kappa shape index (κ2) is 10.1. The van der Waals surface area contributed by atoms with Crippen LogP contribution < -0.4 is 15.4 Å². The smallest absolute Gasteiger partial charge is 0.338 e. The van der Waals surface area contributed by atoms with Crippen molar-refractivity contribution in [1.82, 2.24) is 25.3 Å². The zero-order chi connectivity index (χ0) is 22.4. The van der Waals surface area contributed by atoms with E-state index in [9.17, 15) is 9.59 Å². The molecule has 0 unspecified atom stereocenters. The molecule has 0 aliphatic carbocycles. The van der Waals surface area contributed by atoms with E-state index in [2.05, 4.69) is 20.6 Å². The number of ether oxygens (including phenoxy) is 2. The Morgan fingerprint density at radius 2 is 1.97 bits per heavy atom. The van der Waals surface area contributed by atoms with Gasteiger partial charge in [-0.3, -0.25) is 9.58 Å². The number of carbonyl (C=O) groups is 2. The summed E-state index contributed by atoms with van der Waals surface area (Å²) < 4.78 is 12.3.